The van der Waals surface area contributed by atoms with Crippen molar-refractivity contribution in [1.82, 2.24) is 15.2 Å². The average Bonchev–Trinajstić information content (AvgIpc) is 3.10. The van der Waals surface area contributed by atoms with Crippen LogP contribution in [-0.2, 0) is 25.6 Å². The number of rotatable bonds is 4. The van der Waals surface area contributed by atoms with Gasteiger partial charge in [0.05, 0.1) is 5.01 Å². The molecule has 1 aromatic heterocycles. The van der Waals surface area contributed by atoms with Crippen LogP contribution in [0.25, 0.3) is 0 Å². The van der Waals surface area contributed by atoms with Crippen LogP contribution in [0.15, 0.2) is 34.6 Å². The zero-order valence-electron chi connectivity index (χ0n) is 14.9. The molecule has 0 aliphatic carbocycles. The van der Waals surface area contributed by atoms with E-state index in [1.54, 1.807) is 0 Å². The zero-order chi connectivity index (χ0) is 18.6. The van der Waals surface area contributed by atoms with E-state index in [9.17, 15) is 13.2 Å². The molecule has 148 valence electrons. The van der Waals surface area contributed by atoms with Gasteiger partial charge in [-0.2, -0.15) is 13.2 Å². The number of hydrogen-bond acceptors (Lipinski definition) is 3. The molecule has 1 aliphatic heterocycles. The van der Waals surface area contributed by atoms with Crippen LogP contribution < -0.4 is 5.32 Å². The van der Waals surface area contributed by atoms with Gasteiger partial charge in [-0.25, -0.2) is 4.98 Å². The first-order valence-corrected chi connectivity index (χ1v) is 9.47. The molecule has 0 atom stereocenters. The molecule has 3 rings (SSSR count). The highest BCUT2D eigenvalue weighted by molar-refractivity contribution is 14.0. The lowest BCUT2D eigenvalue weighted by Gasteiger charge is -2.31. The minimum atomic E-state index is -4.38. The lowest BCUT2D eigenvalue weighted by molar-refractivity contribution is -0.140. The summed E-state index contributed by atoms with van der Waals surface area (Å²) >= 11 is 1.03. The third-order valence-corrected chi connectivity index (χ3v) is 5.10. The van der Waals surface area contributed by atoms with Crippen molar-refractivity contribution in [2.45, 2.75) is 32.5 Å². The van der Waals surface area contributed by atoms with Gasteiger partial charge in [-0.3, -0.25) is 4.99 Å². The lowest BCUT2D eigenvalue weighted by Crippen LogP contribution is -2.44. The summed E-state index contributed by atoms with van der Waals surface area (Å²) in [7, 11) is 0. The Morgan fingerprint density at radius 3 is 2.70 bits per heavy atom. The normalized spacial score (nSPS) is 14.5. The molecule has 0 saturated carbocycles. The van der Waals surface area contributed by atoms with Crippen LogP contribution in [-0.4, -0.2) is 35.5 Å². The summed E-state index contributed by atoms with van der Waals surface area (Å²) in [6, 6.07) is 8.36. The van der Waals surface area contributed by atoms with Gasteiger partial charge in [0.1, 0.15) is 0 Å². The van der Waals surface area contributed by atoms with Crippen LogP contribution >= 0.6 is 35.3 Å². The first-order chi connectivity index (χ1) is 12.5. The molecular weight excluding hydrogens is 488 g/mol. The number of benzene rings is 1. The molecule has 0 saturated heterocycles. The van der Waals surface area contributed by atoms with E-state index in [1.807, 2.05) is 13.0 Å². The maximum atomic E-state index is 12.6. The Labute approximate surface area is 177 Å². The molecule has 0 spiro atoms. The number of nitrogens with zero attached hydrogens (tertiary/aromatic N) is 3. The number of fused-ring (bicyclic) bond motifs is 1. The van der Waals surface area contributed by atoms with E-state index in [-0.39, 0.29) is 24.0 Å². The molecule has 9 heteroatoms. The second-order valence-electron chi connectivity index (χ2n) is 6.05. The second-order valence-corrected chi connectivity index (χ2v) is 6.99. The Hall–Kier alpha value is -1.36. The number of guanidine groups is 1. The highest BCUT2D eigenvalue weighted by Crippen LogP contribution is 2.30. The van der Waals surface area contributed by atoms with Crippen LogP contribution in [0, 0.1) is 0 Å². The number of hydrogen-bond donors (Lipinski definition) is 1. The number of thiazole rings is 1. The first-order valence-electron chi connectivity index (χ1n) is 8.59. The van der Waals surface area contributed by atoms with E-state index in [4.69, 9.17) is 0 Å². The van der Waals surface area contributed by atoms with Crippen LogP contribution in [0.3, 0.4) is 0 Å². The second kappa shape index (κ2) is 9.72. The minimum Gasteiger partial charge on any atom is -0.357 e. The van der Waals surface area contributed by atoms with Crippen molar-refractivity contribution in [2.75, 3.05) is 19.6 Å². The molecule has 1 aliphatic rings. The molecule has 2 heterocycles. The molecular formula is C18H22F3IN4S. The summed E-state index contributed by atoms with van der Waals surface area (Å²) in [6.45, 7) is 4.82. The van der Waals surface area contributed by atoms with Gasteiger partial charge < -0.3 is 10.2 Å². The van der Waals surface area contributed by atoms with Gasteiger partial charge in [-0.05, 0) is 24.5 Å². The van der Waals surface area contributed by atoms with E-state index in [0.717, 1.165) is 48.7 Å². The number of aromatic nitrogens is 1. The Balaban J connectivity index is 0.00000261. The van der Waals surface area contributed by atoms with E-state index in [0.29, 0.717) is 18.0 Å². The van der Waals surface area contributed by atoms with Crippen molar-refractivity contribution in [1.29, 1.82) is 0 Å². The SMILES string of the molecule is CCNC(=NCCc1nc(C(F)(F)F)cs1)N1CCc2ccccc2C1.I. The monoisotopic (exact) mass is 510 g/mol. The van der Waals surface area contributed by atoms with Gasteiger partial charge in [-0.1, -0.05) is 24.3 Å². The van der Waals surface area contributed by atoms with Gasteiger partial charge in [0, 0.05) is 38.0 Å². The molecule has 1 N–H and O–H groups in total. The predicted octanol–water partition coefficient (Wildman–Crippen LogP) is 4.35. The Bertz CT molecular complexity index is 776. The first kappa shape index (κ1) is 21.9. The van der Waals surface area contributed by atoms with E-state index in [2.05, 4.69) is 38.4 Å². The topological polar surface area (TPSA) is 40.5 Å². The summed E-state index contributed by atoms with van der Waals surface area (Å²) < 4.78 is 37.8. The van der Waals surface area contributed by atoms with Crippen molar-refractivity contribution in [3.8, 4) is 0 Å². The van der Waals surface area contributed by atoms with Crippen molar-refractivity contribution < 1.29 is 13.2 Å². The summed E-state index contributed by atoms with van der Waals surface area (Å²) in [5, 5.41) is 4.80. The molecule has 2 aromatic rings. The van der Waals surface area contributed by atoms with Crippen LogP contribution in [0.2, 0.25) is 0 Å². The average molecular weight is 510 g/mol. The predicted molar refractivity (Wildman–Crippen MR) is 113 cm³/mol. The van der Waals surface area contributed by atoms with E-state index in [1.165, 1.54) is 11.1 Å². The van der Waals surface area contributed by atoms with Crippen molar-refractivity contribution >= 4 is 41.3 Å². The standard InChI is InChI=1S/C18H21F3N4S.HI/c1-2-22-17(25-10-8-13-5-3-4-6-14(13)11-25)23-9-7-16-24-15(12-26-16)18(19,20)21;/h3-6,12H,2,7-11H2,1H3,(H,22,23);1H. The van der Waals surface area contributed by atoms with Crippen LogP contribution in [0.4, 0.5) is 13.2 Å². The third-order valence-electron chi connectivity index (χ3n) is 4.19. The van der Waals surface area contributed by atoms with Gasteiger partial charge in [0.2, 0.25) is 0 Å². The number of alkyl halides is 3. The van der Waals surface area contributed by atoms with E-state index >= 15 is 0 Å². The van der Waals surface area contributed by atoms with Crippen molar-refractivity contribution in [2.24, 2.45) is 4.99 Å². The quantitative estimate of drug-likeness (QED) is 0.378. The summed E-state index contributed by atoms with van der Waals surface area (Å²) in [6.07, 6.45) is -3.02. The van der Waals surface area contributed by atoms with E-state index < -0.39 is 11.9 Å². The fourth-order valence-electron chi connectivity index (χ4n) is 2.92. The molecule has 0 amide bonds. The fourth-order valence-corrected chi connectivity index (χ4v) is 3.71. The van der Waals surface area contributed by atoms with Crippen LogP contribution in [0.5, 0.6) is 0 Å². The van der Waals surface area contributed by atoms with Gasteiger partial charge in [0.15, 0.2) is 11.7 Å². The molecule has 0 unspecified atom stereocenters. The molecule has 0 radical (unpaired) electrons. The van der Waals surface area contributed by atoms with Crippen molar-refractivity contribution in [3.63, 3.8) is 0 Å². The highest BCUT2D eigenvalue weighted by Gasteiger charge is 2.33. The molecule has 27 heavy (non-hydrogen) atoms. The molecule has 0 fully saturated rings. The fraction of sp³-hybridized carbons (Fsp3) is 0.444. The molecule has 0 bridgehead atoms. The molecule has 1 aromatic carbocycles. The Morgan fingerprint density at radius 1 is 1.30 bits per heavy atom. The van der Waals surface area contributed by atoms with Crippen LogP contribution in [0.1, 0.15) is 28.8 Å². The summed E-state index contributed by atoms with van der Waals surface area (Å²) in [5.41, 5.74) is 1.84. The van der Waals surface area contributed by atoms with Gasteiger partial charge >= 0.3 is 6.18 Å². The van der Waals surface area contributed by atoms with Gasteiger partial charge in [0.25, 0.3) is 0 Å². The Morgan fingerprint density at radius 2 is 2.04 bits per heavy atom. The van der Waals surface area contributed by atoms with Crippen molar-refractivity contribution in [3.05, 3.63) is 51.5 Å². The number of aliphatic imine (C=N–C) groups is 1. The maximum Gasteiger partial charge on any atom is 0.434 e. The minimum absolute atomic E-state index is 0. The highest BCUT2D eigenvalue weighted by atomic mass is 127. The largest absolute Gasteiger partial charge is 0.434 e. The smallest absolute Gasteiger partial charge is 0.357 e. The number of halogens is 4. The molecule has 4 nitrogen and oxygen atoms in total. The zero-order valence-corrected chi connectivity index (χ0v) is 18.1. The van der Waals surface area contributed by atoms with Gasteiger partial charge in [-0.15, -0.1) is 35.3 Å². The summed E-state index contributed by atoms with van der Waals surface area (Å²) in [4.78, 5) is 10.4. The third kappa shape index (κ3) is 5.81. The maximum absolute atomic E-state index is 12.6. The Kier molecular flexibility index (Phi) is 7.90. The lowest BCUT2D eigenvalue weighted by atomic mass is 10.0. The number of nitrogens with one attached hydrogen (secondary N) is 1. The summed E-state index contributed by atoms with van der Waals surface area (Å²) in [5.74, 6) is 0.801.